The van der Waals surface area contributed by atoms with Crippen molar-refractivity contribution in [2.45, 2.75) is 89.3 Å². The topological polar surface area (TPSA) is 143 Å². The lowest BCUT2D eigenvalue weighted by atomic mass is 9.67. The van der Waals surface area contributed by atoms with Gasteiger partial charge in [0.15, 0.2) is 5.96 Å². The van der Waals surface area contributed by atoms with Crippen molar-refractivity contribution >= 4 is 17.8 Å². The molecule has 7 N–H and O–H groups in total. The maximum atomic E-state index is 14.0. The number of amides is 2. The van der Waals surface area contributed by atoms with Gasteiger partial charge in [-0.2, -0.15) is 0 Å². The fourth-order valence-corrected chi connectivity index (χ4v) is 6.98. The number of nitrogens with two attached hydrogens (primary N) is 3. The summed E-state index contributed by atoms with van der Waals surface area (Å²) in [7, 11) is 0. The van der Waals surface area contributed by atoms with Crippen molar-refractivity contribution < 1.29 is 9.59 Å². The standard InChI is InChI=1S/C30H49N7O2/c1-21(2)22-9-11-24(12-10-22)36-17-13-30(14-18-36)25-7-4-3-6-23(25)20-37(28(30)39)19-16-34-27(38)26(31)8-5-15-35-29(32)33/h3-4,6-7,21-22,24,26H,5,8-20,31H2,1-2H3,(H,34,38)(H4,32,33,35). The third-order valence-electron chi connectivity index (χ3n) is 9.43. The van der Waals surface area contributed by atoms with Crippen LogP contribution in [0.3, 0.4) is 0 Å². The minimum atomic E-state index is -0.622. The normalized spacial score (nSPS) is 23.9. The van der Waals surface area contributed by atoms with Crippen LogP contribution in [0.2, 0.25) is 0 Å². The molecule has 9 heteroatoms. The number of nitrogens with one attached hydrogen (secondary N) is 1. The maximum absolute atomic E-state index is 14.0. The Labute approximate surface area is 233 Å². The van der Waals surface area contributed by atoms with Crippen LogP contribution < -0.4 is 22.5 Å². The Morgan fingerprint density at radius 1 is 1.13 bits per heavy atom. The molecule has 4 rings (SSSR count). The van der Waals surface area contributed by atoms with E-state index in [-0.39, 0.29) is 17.8 Å². The first-order valence-electron chi connectivity index (χ1n) is 14.9. The Balaban J connectivity index is 1.33. The Morgan fingerprint density at radius 2 is 1.82 bits per heavy atom. The summed E-state index contributed by atoms with van der Waals surface area (Å²) < 4.78 is 0. The van der Waals surface area contributed by atoms with Gasteiger partial charge in [-0.3, -0.25) is 14.6 Å². The molecule has 3 aliphatic rings. The zero-order chi connectivity index (χ0) is 28.0. The third kappa shape index (κ3) is 6.92. The van der Waals surface area contributed by atoms with Gasteiger partial charge in [0, 0.05) is 32.2 Å². The molecule has 0 radical (unpaired) electrons. The van der Waals surface area contributed by atoms with Gasteiger partial charge >= 0.3 is 0 Å². The van der Waals surface area contributed by atoms with E-state index in [2.05, 4.69) is 53.3 Å². The Bertz CT molecular complexity index is 1010. The van der Waals surface area contributed by atoms with Crippen LogP contribution in [0.5, 0.6) is 0 Å². The lowest BCUT2D eigenvalue weighted by Gasteiger charge is -2.49. The van der Waals surface area contributed by atoms with Gasteiger partial charge in [0.05, 0.1) is 11.5 Å². The van der Waals surface area contributed by atoms with Crippen LogP contribution in [0.25, 0.3) is 0 Å². The average molecular weight is 540 g/mol. The van der Waals surface area contributed by atoms with Crippen molar-refractivity contribution in [3.8, 4) is 0 Å². The number of nitrogens with zero attached hydrogens (tertiary/aromatic N) is 3. The largest absolute Gasteiger partial charge is 0.370 e. The van der Waals surface area contributed by atoms with E-state index >= 15 is 0 Å². The van der Waals surface area contributed by atoms with Gasteiger partial charge in [0.25, 0.3) is 0 Å². The van der Waals surface area contributed by atoms with E-state index < -0.39 is 11.5 Å². The maximum Gasteiger partial charge on any atom is 0.236 e. The van der Waals surface area contributed by atoms with Crippen LogP contribution in [0.15, 0.2) is 29.3 Å². The van der Waals surface area contributed by atoms with Gasteiger partial charge in [-0.25, -0.2) is 0 Å². The second-order valence-electron chi connectivity index (χ2n) is 12.2. The van der Waals surface area contributed by atoms with Gasteiger partial charge in [0.2, 0.25) is 11.8 Å². The number of guanidine groups is 1. The summed E-state index contributed by atoms with van der Waals surface area (Å²) in [5.41, 5.74) is 18.7. The van der Waals surface area contributed by atoms with Crippen molar-refractivity contribution in [1.82, 2.24) is 15.1 Å². The van der Waals surface area contributed by atoms with E-state index in [4.69, 9.17) is 17.2 Å². The molecule has 1 aromatic carbocycles. The van der Waals surface area contributed by atoms with Crippen LogP contribution in [0, 0.1) is 11.8 Å². The Morgan fingerprint density at radius 3 is 2.49 bits per heavy atom. The molecule has 2 fully saturated rings. The summed E-state index contributed by atoms with van der Waals surface area (Å²) in [6, 6.07) is 8.48. The zero-order valence-corrected chi connectivity index (χ0v) is 23.9. The Hall–Kier alpha value is -2.65. The van der Waals surface area contributed by atoms with E-state index in [1.54, 1.807) is 0 Å². The third-order valence-corrected chi connectivity index (χ3v) is 9.43. The number of piperidine rings is 1. The van der Waals surface area contributed by atoms with Crippen molar-refractivity contribution in [1.29, 1.82) is 0 Å². The smallest absolute Gasteiger partial charge is 0.236 e. The number of benzene rings is 1. The highest BCUT2D eigenvalue weighted by atomic mass is 16.2. The van der Waals surface area contributed by atoms with Crippen molar-refractivity contribution in [2.75, 3.05) is 32.7 Å². The molecule has 2 amide bonds. The molecule has 0 aromatic heterocycles. The second-order valence-corrected chi connectivity index (χ2v) is 12.2. The van der Waals surface area contributed by atoms with Crippen molar-refractivity contribution in [3.63, 3.8) is 0 Å². The molecule has 9 nitrogen and oxygen atoms in total. The number of likely N-dealkylation sites (tertiary alicyclic amines) is 1. The number of aliphatic imine (C=N–C) groups is 1. The first-order valence-corrected chi connectivity index (χ1v) is 14.9. The summed E-state index contributed by atoms with van der Waals surface area (Å²) in [4.78, 5) is 35.1. The Kier molecular flexibility index (Phi) is 9.88. The molecule has 1 atom stereocenters. The molecule has 1 aliphatic carbocycles. The van der Waals surface area contributed by atoms with E-state index in [1.807, 2.05) is 4.90 Å². The average Bonchev–Trinajstić information content (AvgIpc) is 2.94. The van der Waals surface area contributed by atoms with Crippen LogP contribution in [-0.2, 0) is 21.5 Å². The molecule has 1 aromatic rings. The van der Waals surface area contributed by atoms with Crippen molar-refractivity contribution in [3.05, 3.63) is 35.4 Å². The summed E-state index contributed by atoms with van der Waals surface area (Å²) >= 11 is 0. The molecule has 1 spiro atoms. The molecule has 1 saturated heterocycles. The van der Waals surface area contributed by atoms with E-state index in [9.17, 15) is 9.59 Å². The van der Waals surface area contributed by atoms with Gasteiger partial charge < -0.3 is 32.3 Å². The zero-order valence-electron chi connectivity index (χ0n) is 23.9. The predicted molar refractivity (Wildman–Crippen MR) is 156 cm³/mol. The monoisotopic (exact) mass is 539 g/mol. The number of fused-ring (bicyclic) bond motifs is 2. The minimum Gasteiger partial charge on any atom is -0.370 e. The molecule has 39 heavy (non-hydrogen) atoms. The van der Waals surface area contributed by atoms with Crippen LogP contribution >= 0.6 is 0 Å². The summed E-state index contributed by atoms with van der Waals surface area (Å²) in [6.45, 7) is 8.53. The van der Waals surface area contributed by atoms with E-state index in [1.165, 1.54) is 36.8 Å². The fraction of sp³-hybridized carbons (Fsp3) is 0.700. The number of carbonyl (C=O) groups is 2. The van der Waals surface area contributed by atoms with E-state index in [0.717, 1.165) is 37.8 Å². The summed E-state index contributed by atoms with van der Waals surface area (Å²) in [6.07, 6.45) is 8.05. The molecule has 1 unspecified atom stereocenters. The highest BCUT2D eigenvalue weighted by molar-refractivity contribution is 5.90. The molecule has 0 bridgehead atoms. The van der Waals surface area contributed by atoms with Crippen LogP contribution in [0.4, 0.5) is 0 Å². The number of carbonyl (C=O) groups excluding carboxylic acids is 2. The summed E-state index contributed by atoms with van der Waals surface area (Å²) in [5.74, 6) is 1.67. The fourth-order valence-electron chi connectivity index (χ4n) is 6.98. The molecular weight excluding hydrogens is 490 g/mol. The second kappa shape index (κ2) is 13.1. The quantitative estimate of drug-likeness (QED) is 0.204. The highest BCUT2D eigenvalue weighted by Crippen LogP contribution is 2.44. The number of hydrogen-bond acceptors (Lipinski definition) is 5. The van der Waals surface area contributed by atoms with Crippen molar-refractivity contribution in [2.24, 2.45) is 34.0 Å². The lowest BCUT2D eigenvalue weighted by Crippen LogP contribution is -2.58. The SMILES string of the molecule is CC(C)C1CCC(N2CCC3(CC2)C(=O)N(CCNC(=O)C(N)CCCN=C(N)N)Cc2ccccc23)CC1. The first kappa shape index (κ1) is 29.3. The molecule has 2 heterocycles. The number of hydrogen-bond donors (Lipinski definition) is 4. The molecule has 216 valence electrons. The van der Waals surface area contributed by atoms with Gasteiger partial charge in [0.1, 0.15) is 0 Å². The van der Waals surface area contributed by atoms with E-state index in [0.29, 0.717) is 45.1 Å². The van der Waals surface area contributed by atoms with Gasteiger partial charge in [-0.1, -0.05) is 38.1 Å². The van der Waals surface area contributed by atoms with Gasteiger partial charge in [-0.15, -0.1) is 0 Å². The lowest BCUT2D eigenvalue weighted by molar-refractivity contribution is -0.142. The van der Waals surface area contributed by atoms with Crippen LogP contribution in [-0.4, -0.2) is 72.4 Å². The van der Waals surface area contributed by atoms with Gasteiger partial charge in [-0.05, 0) is 87.4 Å². The molecule has 2 aliphatic heterocycles. The van der Waals surface area contributed by atoms with Crippen LogP contribution in [0.1, 0.15) is 76.3 Å². The highest BCUT2D eigenvalue weighted by Gasteiger charge is 2.49. The summed E-state index contributed by atoms with van der Waals surface area (Å²) in [5, 5.41) is 2.93. The molecule has 1 saturated carbocycles. The predicted octanol–water partition coefficient (Wildman–Crippen LogP) is 2.07. The minimum absolute atomic E-state index is 0.0398. The number of rotatable bonds is 10. The first-order chi connectivity index (χ1) is 18.7. The molecular formula is C30H49N7O2.